The standard InChI is InChI=1S/C7H8.C3H6O.2C2H6/c1-7-5-3-2-4-6-7;1-3(2)4;2*1-2/h2-6H,1H3;1-2H3;2*1-2H3. The summed E-state index contributed by atoms with van der Waals surface area (Å²) in [6.07, 6.45) is 0. The molecule has 88 valence electrons. The number of benzene rings is 1. The SMILES string of the molecule is CC.CC.CC(C)=O.Cc1ccccc1. The van der Waals surface area contributed by atoms with Crippen LogP contribution in [-0.4, -0.2) is 5.78 Å². The summed E-state index contributed by atoms with van der Waals surface area (Å²) in [4.78, 5) is 9.44. The van der Waals surface area contributed by atoms with E-state index in [2.05, 4.69) is 19.1 Å². The van der Waals surface area contributed by atoms with Gasteiger partial charge in [-0.1, -0.05) is 63.6 Å². The summed E-state index contributed by atoms with van der Waals surface area (Å²) in [5.41, 5.74) is 1.32. The summed E-state index contributed by atoms with van der Waals surface area (Å²) in [6.45, 7) is 13.1. The minimum atomic E-state index is 0.167. The van der Waals surface area contributed by atoms with Gasteiger partial charge in [-0.25, -0.2) is 0 Å². The molecule has 0 aromatic heterocycles. The van der Waals surface area contributed by atoms with E-state index in [4.69, 9.17) is 0 Å². The number of Topliss-reactive ketones (excluding diaryl/α,β-unsaturated/α-hetero) is 1. The molecule has 0 aliphatic heterocycles. The van der Waals surface area contributed by atoms with Crippen molar-refractivity contribution >= 4 is 5.78 Å². The quantitative estimate of drug-likeness (QED) is 0.609. The second-order valence-electron chi connectivity index (χ2n) is 2.56. The number of hydrogen-bond donors (Lipinski definition) is 0. The van der Waals surface area contributed by atoms with Gasteiger partial charge in [-0.05, 0) is 20.8 Å². The fraction of sp³-hybridized carbons (Fsp3) is 0.500. The lowest BCUT2D eigenvalue weighted by Crippen LogP contribution is -1.69. The lowest BCUT2D eigenvalue weighted by atomic mass is 10.2. The number of hydrogen-bond acceptors (Lipinski definition) is 1. The molecule has 0 atom stereocenters. The van der Waals surface area contributed by atoms with Crippen LogP contribution in [0, 0.1) is 6.92 Å². The first-order valence-electron chi connectivity index (χ1n) is 5.61. The van der Waals surface area contributed by atoms with E-state index in [1.54, 1.807) is 0 Å². The zero-order valence-electron chi connectivity index (χ0n) is 11.3. The molecule has 1 aromatic carbocycles. The monoisotopic (exact) mass is 210 g/mol. The van der Waals surface area contributed by atoms with E-state index in [-0.39, 0.29) is 5.78 Å². The molecule has 0 spiro atoms. The molecule has 0 heterocycles. The maximum atomic E-state index is 9.44. The van der Waals surface area contributed by atoms with Crippen LogP contribution in [0.3, 0.4) is 0 Å². The second kappa shape index (κ2) is 18.6. The molecule has 1 heteroatoms. The summed E-state index contributed by atoms with van der Waals surface area (Å²) < 4.78 is 0. The van der Waals surface area contributed by atoms with Crippen LogP contribution in [0.4, 0.5) is 0 Å². The van der Waals surface area contributed by atoms with Crippen LogP contribution in [0.2, 0.25) is 0 Å². The smallest absolute Gasteiger partial charge is 0.126 e. The van der Waals surface area contributed by atoms with Gasteiger partial charge in [0.2, 0.25) is 0 Å². The third-order valence-corrected chi connectivity index (χ3v) is 0.940. The van der Waals surface area contributed by atoms with Gasteiger partial charge in [-0.2, -0.15) is 0 Å². The minimum Gasteiger partial charge on any atom is -0.300 e. The average Bonchev–Trinajstić information content (AvgIpc) is 2.24. The zero-order valence-corrected chi connectivity index (χ0v) is 11.3. The highest BCUT2D eigenvalue weighted by Gasteiger charge is 1.72. The third kappa shape index (κ3) is 32.2. The Hall–Kier alpha value is -1.11. The van der Waals surface area contributed by atoms with Crippen molar-refractivity contribution in [3.05, 3.63) is 35.9 Å². The molecule has 0 fully saturated rings. The molecule has 0 N–H and O–H groups in total. The van der Waals surface area contributed by atoms with Gasteiger partial charge in [-0.3, -0.25) is 0 Å². The molecular formula is C14H26O. The molecule has 0 saturated carbocycles. The van der Waals surface area contributed by atoms with Gasteiger partial charge in [0.1, 0.15) is 5.78 Å². The molecule has 0 radical (unpaired) electrons. The van der Waals surface area contributed by atoms with Crippen molar-refractivity contribution < 1.29 is 4.79 Å². The van der Waals surface area contributed by atoms with Gasteiger partial charge in [0, 0.05) is 0 Å². The number of carbonyl (C=O) groups excluding carboxylic acids is 1. The highest BCUT2D eigenvalue weighted by Crippen LogP contribution is 1.92. The van der Waals surface area contributed by atoms with Crippen LogP contribution in [0.1, 0.15) is 47.1 Å². The first-order valence-corrected chi connectivity index (χ1v) is 5.61. The van der Waals surface area contributed by atoms with Crippen molar-refractivity contribution in [1.29, 1.82) is 0 Å². The molecule has 1 rings (SSSR count). The van der Waals surface area contributed by atoms with Crippen LogP contribution in [0.25, 0.3) is 0 Å². The third-order valence-electron chi connectivity index (χ3n) is 0.940. The van der Waals surface area contributed by atoms with Crippen molar-refractivity contribution in [3.8, 4) is 0 Å². The Kier molecular flexibility index (Phi) is 24.2. The Morgan fingerprint density at radius 2 is 1.13 bits per heavy atom. The predicted molar refractivity (Wildman–Crippen MR) is 70.2 cm³/mol. The van der Waals surface area contributed by atoms with Crippen LogP contribution < -0.4 is 0 Å². The molecule has 15 heavy (non-hydrogen) atoms. The molecule has 1 aromatic rings. The lowest BCUT2D eigenvalue weighted by Gasteiger charge is -1.82. The molecule has 0 unspecified atom stereocenters. The van der Waals surface area contributed by atoms with Gasteiger partial charge in [0.25, 0.3) is 0 Å². The molecule has 0 aliphatic carbocycles. The summed E-state index contributed by atoms with van der Waals surface area (Å²) in [5, 5.41) is 0. The zero-order chi connectivity index (χ0) is 12.7. The Morgan fingerprint density at radius 3 is 1.27 bits per heavy atom. The maximum absolute atomic E-state index is 9.44. The molecule has 0 bridgehead atoms. The van der Waals surface area contributed by atoms with Gasteiger partial charge < -0.3 is 4.79 Å². The van der Waals surface area contributed by atoms with Crippen LogP contribution in [0.15, 0.2) is 30.3 Å². The van der Waals surface area contributed by atoms with Gasteiger partial charge in [0.15, 0.2) is 0 Å². The highest BCUT2D eigenvalue weighted by molar-refractivity contribution is 5.72. The van der Waals surface area contributed by atoms with Gasteiger partial charge in [-0.15, -0.1) is 0 Å². The molecule has 0 aliphatic rings. The first-order chi connectivity index (χ1) is 7.13. The molecule has 0 amide bonds. The lowest BCUT2D eigenvalue weighted by molar-refractivity contribution is -0.114. The molecule has 1 nitrogen and oxygen atoms in total. The topological polar surface area (TPSA) is 17.1 Å². The summed E-state index contributed by atoms with van der Waals surface area (Å²) >= 11 is 0. The minimum absolute atomic E-state index is 0.167. The Morgan fingerprint density at radius 1 is 0.867 bits per heavy atom. The van der Waals surface area contributed by atoms with Crippen LogP contribution in [0.5, 0.6) is 0 Å². The van der Waals surface area contributed by atoms with E-state index in [0.29, 0.717) is 0 Å². The van der Waals surface area contributed by atoms with E-state index >= 15 is 0 Å². The Balaban J connectivity index is -0.000000156. The average molecular weight is 210 g/mol. The predicted octanol–water partition coefficient (Wildman–Crippen LogP) is 4.64. The molecule has 0 saturated heterocycles. The van der Waals surface area contributed by atoms with E-state index in [0.717, 1.165) is 0 Å². The van der Waals surface area contributed by atoms with Crippen molar-refractivity contribution in [2.75, 3.05) is 0 Å². The van der Waals surface area contributed by atoms with Crippen molar-refractivity contribution in [2.24, 2.45) is 0 Å². The van der Waals surface area contributed by atoms with E-state index in [9.17, 15) is 4.79 Å². The van der Waals surface area contributed by atoms with E-state index in [1.165, 1.54) is 19.4 Å². The first kappa shape index (κ1) is 19.5. The number of carbonyl (C=O) groups is 1. The van der Waals surface area contributed by atoms with Crippen LogP contribution in [-0.2, 0) is 4.79 Å². The number of ketones is 1. The normalized spacial score (nSPS) is 6.60. The van der Waals surface area contributed by atoms with Gasteiger partial charge >= 0.3 is 0 Å². The summed E-state index contributed by atoms with van der Waals surface area (Å²) in [7, 11) is 0. The molecular weight excluding hydrogens is 184 g/mol. The fourth-order valence-corrected chi connectivity index (χ4v) is 0.534. The van der Waals surface area contributed by atoms with E-state index in [1.807, 2.05) is 45.9 Å². The van der Waals surface area contributed by atoms with E-state index < -0.39 is 0 Å². The summed E-state index contributed by atoms with van der Waals surface area (Å²) in [5.74, 6) is 0.167. The second-order valence-corrected chi connectivity index (χ2v) is 2.56. The summed E-state index contributed by atoms with van der Waals surface area (Å²) in [6, 6.07) is 10.3. The Bertz CT molecular complexity index is 198. The van der Waals surface area contributed by atoms with Crippen molar-refractivity contribution in [3.63, 3.8) is 0 Å². The van der Waals surface area contributed by atoms with Crippen molar-refractivity contribution in [1.82, 2.24) is 0 Å². The largest absolute Gasteiger partial charge is 0.300 e. The maximum Gasteiger partial charge on any atom is 0.126 e. The van der Waals surface area contributed by atoms with Gasteiger partial charge in [0.05, 0.1) is 0 Å². The van der Waals surface area contributed by atoms with Crippen molar-refractivity contribution in [2.45, 2.75) is 48.5 Å². The Labute approximate surface area is 95.5 Å². The van der Waals surface area contributed by atoms with Crippen LogP contribution >= 0.6 is 0 Å². The number of rotatable bonds is 0. The highest BCUT2D eigenvalue weighted by atomic mass is 16.1. The fourth-order valence-electron chi connectivity index (χ4n) is 0.534. The number of aryl methyl sites for hydroxylation is 1.